The Morgan fingerprint density at radius 2 is 2.00 bits per heavy atom. The smallest absolute Gasteiger partial charge is 0.386 e. The molecule has 0 aromatic carbocycles. The SMILES string of the molecule is Cc1ccc2c(n1)C(O)C(C(O)C(F)(F)F)C2=O. The fourth-order valence-electron chi connectivity index (χ4n) is 2.02. The monoisotopic (exact) mass is 261 g/mol. The fraction of sp³-hybridized carbons (Fsp3) is 0.455. The van der Waals surface area contributed by atoms with Gasteiger partial charge in [-0.1, -0.05) is 0 Å². The second-order valence-electron chi connectivity index (χ2n) is 4.21. The number of halogens is 3. The molecule has 1 aromatic rings. The Morgan fingerprint density at radius 1 is 1.39 bits per heavy atom. The molecule has 1 aliphatic rings. The van der Waals surface area contributed by atoms with Crippen molar-refractivity contribution in [3.05, 3.63) is 29.1 Å². The number of aryl methyl sites for hydroxylation is 1. The fourth-order valence-corrected chi connectivity index (χ4v) is 2.02. The highest BCUT2D eigenvalue weighted by Crippen LogP contribution is 2.41. The maximum Gasteiger partial charge on any atom is 0.415 e. The highest BCUT2D eigenvalue weighted by molar-refractivity contribution is 6.02. The van der Waals surface area contributed by atoms with Gasteiger partial charge in [0.2, 0.25) is 0 Å². The number of nitrogens with zero attached hydrogens (tertiary/aromatic N) is 1. The molecule has 1 heterocycles. The Kier molecular flexibility index (Phi) is 2.90. The van der Waals surface area contributed by atoms with Gasteiger partial charge in [0.15, 0.2) is 11.9 Å². The van der Waals surface area contributed by atoms with E-state index in [0.29, 0.717) is 5.69 Å². The van der Waals surface area contributed by atoms with E-state index in [0.717, 1.165) is 0 Å². The minimum atomic E-state index is -4.96. The van der Waals surface area contributed by atoms with Gasteiger partial charge in [0.25, 0.3) is 0 Å². The van der Waals surface area contributed by atoms with Crippen molar-refractivity contribution in [2.24, 2.45) is 5.92 Å². The van der Waals surface area contributed by atoms with Crippen LogP contribution < -0.4 is 0 Å². The first-order chi connectivity index (χ1) is 8.23. The molecule has 2 rings (SSSR count). The largest absolute Gasteiger partial charge is 0.415 e. The Hall–Kier alpha value is -1.47. The highest BCUT2D eigenvalue weighted by Gasteiger charge is 2.53. The summed E-state index contributed by atoms with van der Waals surface area (Å²) in [6, 6.07) is 2.78. The second-order valence-corrected chi connectivity index (χ2v) is 4.21. The lowest BCUT2D eigenvalue weighted by atomic mass is 9.96. The van der Waals surface area contributed by atoms with E-state index in [1.807, 2.05) is 0 Å². The topological polar surface area (TPSA) is 70.4 Å². The minimum absolute atomic E-state index is 0.0681. The first-order valence-corrected chi connectivity index (χ1v) is 5.18. The Bertz CT molecular complexity index is 501. The van der Waals surface area contributed by atoms with Crippen LogP contribution in [0.15, 0.2) is 12.1 Å². The van der Waals surface area contributed by atoms with Gasteiger partial charge in [-0.15, -0.1) is 0 Å². The molecular weight excluding hydrogens is 251 g/mol. The average molecular weight is 261 g/mol. The number of aliphatic hydroxyl groups is 2. The zero-order valence-corrected chi connectivity index (χ0v) is 9.27. The first kappa shape index (κ1) is 13.0. The highest BCUT2D eigenvalue weighted by atomic mass is 19.4. The molecule has 0 fully saturated rings. The summed E-state index contributed by atoms with van der Waals surface area (Å²) in [4.78, 5) is 15.6. The van der Waals surface area contributed by atoms with Crippen LogP contribution in [0.2, 0.25) is 0 Å². The summed E-state index contributed by atoms with van der Waals surface area (Å²) in [6.45, 7) is 1.59. The van der Waals surface area contributed by atoms with E-state index < -0.39 is 30.1 Å². The molecule has 18 heavy (non-hydrogen) atoms. The standard InChI is InChI=1S/C11H10F3NO3/c1-4-2-3-5-7(15-4)9(17)6(8(5)16)10(18)11(12,13)14/h2-3,6,9-10,17-18H,1H3. The lowest BCUT2D eigenvalue weighted by Crippen LogP contribution is -2.40. The van der Waals surface area contributed by atoms with Gasteiger partial charge in [0, 0.05) is 11.3 Å². The van der Waals surface area contributed by atoms with E-state index in [4.69, 9.17) is 5.11 Å². The van der Waals surface area contributed by atoms with E-state index >= 15 is 0 Å². The normalized spacial score (nSPS) is 25.1. The lowest BCUT2D eigenvalue weighted by molar-refractivity contribution is -0.221. The number of pyridine rings is 1. The minimum Gasteiger partial charge on any atom is -0.386 e. The number of alkyl halides is 3. The van der Waals surface area contributed by atoms with Crippen molar-refractivity contribution in [2.45, 2.75) is 25.3 Å². The lowest BCUT2D eigenvalue weighted by Gasteiger charge is -2.22. The number of carbonyl (C=O) groups is 1. The van der Waals surface area contributed by atoms with Crippen LogP contribution in [0, 0.1) is 12.8 Å². The van der Waals surface area contributed by atoms with Crippen molar-refractivity contribution in [1.82, 2.24) is 4.98 Å². The number of carbonyl (C=O) groups excluding carboxylic acids is 1. The van der Waals surface area contributed by atoms with Crippen LogP contribution in [0.1, 0.15) is 27.8 Å². The van der Waals surface area contributed by atoms with Crippen molar-refractivity contribution in [3.8, 4) is 0 Å². The van der Waals surface area contributed by atoms with Crippen LogP contribution >= 0.6 is 0 Å². The molecule has 0 saturated heterocycles. The molecule has 0 spiro atoms. The van der Waals surface area contributed by atoms with Gasteiger partial charge in [-0.3, -0.25) is 9.78 Å². The zero-order chi connectivity index (χ0) is 13.7. The van der Waals surface area contributed by atoms with Gasteiger partial charge >= 0.3 is 6.18 Å². The van der Waals surface area contributed by atoms with Gasteiger partial charge < -0.3 is 10.2 Å². The third-order valence-electron chi connectivity index (χ3n) is 2.93. The molecule has 3 atom stereocenters. The van der Waals surface area contributed by atoms with Gasteiger partial charge in [-0.25, -0.2) is 0 Å². The number of fused-ring (bicyclic) bond motifs is 1. The van der Waals surface area contributed by atoms with Gasteiger partial charge in [-0.2, -0.15) is 13.2 Å². The third-order valence-corrected chi connectivity index (χ3v) is 2.93. The number of aromatic nitrogens is 1. The third kappa shape index (κ3) is 1.89. The van der Waals surface area contributed by atoms with Crippen LogP contribution in [-0.4, -0.2) is 33.3 Å². The molecule has 98 valence electrons. The second kappa shape index (κ2) is 4.03. The average Bonchev–Trinajstić information content (AvgIpc) is 2.49. The van der Waals surface area contributed by atoms with Crippen molar-refractivity contribution < 1.29 is 28.2 Å². The summed E-state index contributed by atoms with van der Waals surface area (Å²) in [5, 5.41) is 18.9. The molecule has 0 saturated carbocycles. The Labute approximate surface area is 100 Å². The van der Waals surface area contributed by atoms with Crippen LogP contribution in [0.5, 0.6) is 0 Å². The Morgan fingerprint density at radius 3 is 2.56 bits per heavy atom. The van der Waals surface area contributed by atoms with Gasteiger partial charge in [-0.05, 0) is 19.1 Å². The number of rotatable bonds is 1. The number of hydrogen-bond donors (Lipinski definition) is 2. The molecule has 0 amide bonds. The molecule has 4 nitrogen and oxygen atoms in total. The molecule has 1 aliphatic carbocycles. The molecule has 0 bridgehead atoms. The molecule has 1 aromatic heterocycles. The summed E-state index contributed by atoms with van der Waals surface area (Å²) in [7, 11) is 0. The van der Waals surface area contributed by atoms with E-state index in [1.54, 1.807) is 6.92 Å². The van der Waals surface area contributed by atoms with Gasteiger partial charge in [0.05, 0.1) is 11.6 Å². The van der Waals surface area contributed by atoms with E-state index in [-0.39, 0.29) is 11.3 Å². The van der Waals surface area contributed by atoms with Crippen molar-refractivity contribution in [2.75, 3.05) is 0 Å². The maximum atomic E-state index is 12.4. The molecule has 0 aliphatic heterocycles. The maximum absolute atomic E-state index is 12.4. The summed E-state index contributed by atoms with van der Waals surface area (Å²) < 4.78 is 37.2. The van der Waals surface area contributed by atoms with Crippen LogP contribution in [-0.2, 0) is 0 Å². The predicted octanol–water partition coefficient (Wildman–Crippen LogP) is 1.16. The molecule has 3 unspecified atom stereocenters. The first-order valence-electron chi connectivity index (χ1n) is 5.18. The van der Waals surface area contributed by atoms with Crippen molar-refractivity contribution in [3.63, 3.8) is 0 Å². The van der Waals surface area contributed by atoms with Crippen molar-refractivity contribution >= 4 is 5.78 Å². The molecule has 2 N–H and O–H groups in total. The van der Waals surface area contributed by atoms with E-state index in [9.17, 15) is 23.1 Å². The number of Topliss-reactive ketones (excluding diaryl/α,β-unsaturated/α-hetero) is 1. The summed E-state index contributed by atoms with van der Waals surface area (Å²) in [5.41, 5.74) is 0.303. The van der Waals surface area contributed by atoms with Crippen molar-refractivity contribution in [1.29, 1.82) is 0 Å². The summed E-state index contributed by atoms with van der Waals surface area (Å²) >= 11 is 0. The van der Waals surface area contributed by atoms with Crippen LogP contribution in [0.4, 0.5) is 13.2 Å². The number of ketones is 1. The zero-order valence-electron chi connectivity index (χ0n) is 9.27. The quantitative estimate of drug-likeness (QED) is 0.795. The van der Waals surface area contributed by atoms with Crippen LogP contribution in [0.25, 0.3) is 0 Å². The molecule has 7 heteroatoms. The summed E-state index contributed by atoms with van der Waals surface area (Å²) in [6.07, 6.45) is -9.59. The molecule has 0 radical (unpaired) electrons. The number of hydrogen-bond acceptors (Lipinski definition) is 4. The predicted molar refractivity (Wildman–Crippen MR) is 53.8 cm³/mol. The van der Waals surface area contributed by atoms with E-state index in [2.05, 4.69) is 4.98 Å². The van der Waals surface area contributed by atoms with E-state index in [1.165, 1.54) is 12.1 Å². The van der Waals surface area contributed by atoms with Crippen LogP contribution in [0.3, 0.4) is 0 Å². The summed E-state index contributed by atoms with van der Waals surface area (Å²) in [5.74, 6) is -2.87. The molecular formula is C11H10F3NO3. The number of aliphatic hydroxyl groups excluding tert-OH is 2. The Balaban J connectivity index is 2.43. The van der Waals surface area contributed by atoms with Gasteiger partial charge in [0.1, 0.15) is 6.10 Å².